The number of nitrogens with one attached hydrogen (secondary N) is 1. The van der Waals surface area contributed by atoms with Gasteiger partial charge in [0, 0.05) is 11.7 Å². The minimum absolute atomic E-state index is 0.0566. The van der Waals surface area contributed by atoms with Gasteiger partial charge in [-0.05, 0) is 36.8 Å². The van der Waals surface area contributed by atoms with Crippen molar-refractivity contribution < 1.29 is 5.11 Å². The number of fused-ring (bicyclic) bond motifs is 1. The van der Waals surface area contributed by atoms with Gasteiger partial charge < -0.3 is 10.4 Å². The van der Waals surface area contributed by atoms with Gasteiger partial charge in [-0.3, -0.25) is 0 Å². The van der Waals surface area contributed by atoms with Crippen LogP contribution in [-0.2, 0) is 0 Å². The van der Waals surface area contributed by atoms with Crippen molar-refractivity contribution in [1.29, 1.82) is 0 Å². The largest absolute Gasteiger partial charge is 0.391 e. The summed E-state index contributed by atoms with van der Waals surface area (Å²) in [6, 6.07) is 14.5. The Kier molecular flexibility index (Phi) is 3.11. The summed E-state index contributed by atoms with van der Waals surface area (Å²) in [4.78, 5) is 0. The number of aliphatic hydroxyl groups is 1. The van der Waals surface area contributed by atoms with E-state index < -0.39 is 0 Å². The Labute approximate surface area is 95.9 Å². The van der Waals surface area contributed by atoms with E-state index in [1.54, 1.807) is 6.92 Å². The zero-order valence-electron chi connectivity index (χ0n) is 9.64. The number of hydrogen-bond donors (Lipinski definition) is 2. The molecule has 2 nitrogen and oxygen atoms in total. The van der Waals surface area contributed by atoms with Crippen LogP contribution in [0.15, 0.2) is 42.5 Å². The Morgan fingerprint density at radius 3 is 2.38 bits per heavy atom. The molecule has 2 unspecified atom stereocenters. The summed E-state index contributed by atoms with van der Waals surface area (Å²) < 4.78 is 0. The van der Waals surface area contributed by atoms with Crippen LogP contribution < -0.4 is 5.32 Å². The molecular weight excluding hydrogens is 198 g/mol. The van der Waals surface area contributed by atoms with Crippen molar-refractivity contribution in [2.45, 2.75) is 26.0 Å². The molecule has 0 aliphatic heterocycles. The molecule has 2 aromatic rings. The van der Waals surface area contributed by atoms with Crippen molar-refractivity contribution in [2.75, 3.05) is 5.32 Å². The van der Waals surface area contributed by atoms with Crippen LogP contribution in [0.5, 0.6) is 0 Å². The van der Waals surface area contributed by atoms with Crippen molar-refractivity contribution in [3.63, 3.8) is 0 Å². The van der Waals surface area contributed by atoms with Crippen molar-refractivity contribution in [1.82, 2.24) is 0 Å². The zero-order valence-corrected chi connectivity index (χ0v) is 9.64. The third kappa shape index (κ3) is 2.34. The maximum atomic E-state index is 9.43. The fourth-order valence-corrected chi connectivity index (χ4v) is 1.66. The van der Waals surface area contributed by atoms with E-state index in [2.05, 4.69) is 29.6 Å². The van der Waals surface area contributed by atoms with Crippen LogP contribution in [0.4, 0.5) is 5.69 Å². The number of hydrogen-bond acceptors (Lipinski definition) is 2. The summed E-state index contributed by atoms with van der Waals surface area (Å²) in [5, 5.41) is 15.2. The Morgan fingerprint density at radius 1 is 1.00 bits per heavy atom. The van der Waals surface area contributed by atoms with Crippen LogP contribution in [0.3, 0.4) is 0 Å². The highest BCUT2D eigenvalue weighted by Gasteiger charge is 2.07. The summed E-state index contributed by atoms with van der Waals surface area (Å²) in [5.41, 5.74) is 1.05. The predicted molar refractivity (Wildman–Crippen MR) is 68.7 cm³/mol. The molecule has 16 heavy (non-hydrogen) atoms. The molecule has 2 N–H and O–H groups in total. The van der Waals surface area contributed by atoms with E-state index in [0.717, 1.165) is 5.69 Å². The van der Waals surface area contributed by atoms with Gasteiger partial charge in [0.15, 0.2) is 0 Å². The first kappa shape index (κ1) is 11.0. The lowest BCUT2D eigenvalue weighted by molar-refractivity contribution is 0.178. The topological polar surface area (TPSA) is 32.3 Å². The van der Waals surface area contributed by atoms with E-state index in [1.165, 1.54) is 10.8 Å². The third-order valence-corrected chi connectivity index (χ3v) is 2.87. The van der Waals surface area contributed by atoms with Crippen molar-refractivity contribution in [3.05, 3.63) is 42.5 Å². The highest BCUT2D eigenvalue weighted by Crippen LogP contribution is 2.19. The number of benzene rings is 2. The van der Waals surface area contributed by atoms with Gasteiger partial charge in [0.1, 0.15) is 0 Å². The molecule has 0 bridgehead atoms. The van der Waals surface area contributed by atoms with Crippen LogP contribution in [-0.4, -0.2) is 17.3 Å². The molecule has 0 aliphatic rings. The average molecular weight is 215 g/mol. The van der Waals surface area contributed by atoms with E-state index in [0.29, 0.717) is 0 Å². The molecule has 2 rings (SSSR count). The number of rotatable bonds is 3. The van der Waals surface area contributed by atoms with Gasteiger partial charge in [0.05, 0.1) is 6.10 Å². The standard InChI is InChI=1S/C14H17NO/c1-10(11(2)16)15-14-8-7-12-5-3-4-6-13(12)9-14/h3-11,15-16H,1-2H3. The molecule has 0 heterocycles. The highest BCUT2D eigenvalue weighted by atomic mass is 16.3. The van der Waals surface area contributed by atoms with E-state index in [1.807, 2.05) is 25.1 Å². The second kappa shape index (κ2) is 4.54. The van der Waals surface area contributed by atoms with Gasteiger partial charge in [-0.15, -0.1) is 0 Å². The summed E-state index contributed by atoms with van der Waals surface area (Å²) >= 11 is 0. The third-order valence-electron chi connectivity index (χ3n) is 2.87. The van der Waals surface area contributed by atoms with Crippen LogP contribution in [0.25, 0.3) is 10.8 Å². The van der Waals surface area contributed by atoms with Crippen molar-refractivity contribution in [3.8, 4) is 0 Å². The smallest absolute Gasteiger partial charge is 0.0710 e. The van der Waals surface area contributed by atoms with Crippen LogP contribution in [0.1, 0.15) is 13.8 Å². The van der Waals surface area contributed by atoms with Gasteiger partial charge in [-0.25, -0.2) is 0 Å². The molecule has 0 spiro atoms. The summed E-state index contributed by atoms with van der Waals surface area (Å²) in [6.45, 7) is 3.76. The molecule has 0 radical (unpaired) electrons. The fourth-order valence-electron chi connectivity index (χ4n) is 1.66. The lowest BCUT2D eigenvalue weighted by Crippen LogP contribution is -2.27. The molecule has 2 atom stereocenters. The normalized spacial score (nSPS) is 14.7. The maximum Gasteiger partial charge on any atom is 0.0710 e. The predicted octanol–water partition coefficient (Wildman–Crippen LogP) is 3.02. The van der Waals surface area contributed by atoms with Gasteiger partial charge >= 0.3 is 0 Å². The molecule has 0 fully saturated rings. The maximum absolute atomic E-state index is 9.43. The second-order valence-electron chi connectivity index (χ2n) is 4.24. The van der Waals surface area contributed by atoms with E-state index >= 15 is 0 Å². The van der Waals surface area contributed by atoms with Crippen LogP contribution >= 0.6 is 0 Å². The first-order valence-corrected chi connectivity index (χ1v) is 5.60. The summed E-state index contributed by atoms with van der Waals surface area (Å²) in [6.07, 6.45) is -0.355. The molecule has 2 heteroatoms. The quantitative estimate of drug-likeness (QED) is 0.825. The average Bonchev–Trinajstić information content (AvgIpc) is 2.28. The minimum atomic E-state index is -0.355. The SMILES string of the molecule is CC(O)C(C)Nc1ccc2ccccc2c1. The van der Waals surface area contributed by atoms with Crippen LogP contribution in [0, 0.1) is 0 Å². The minimum Gasteiger partial charge on any atom is -0.391 e. The van der Waals surface area contributed by atoms with E-state index in [-0.39, 0.29) is 12.1 Å². The van der Waals surface area contributed by atoms with Crippen molar-refractivity contribution >= 4 is 16.5 Å². The number of aliphatic hydroxyl groups excluding tert-OH is 1. The molecule has 0 saturated heterocycles. The number of anilines is 1. The molecule has 0 amide bonds. The van der Waals surface area contributed by atoms with Crippen molar-refractivity contribution in [2.24, 2.45) is 0 Å². The molecular formula is C14H17NO. The van der Waals surface area contributed by atoms with Gasteiger partial charge in [0.25, 0.3) is 0 Å². The lowest BCUT2D eigenvalue weighted by Gasteiger charge is -2.18. The first-order chi connectivity index (χ1) is 7.66. The van der Waals surface area contributed by atoms with Crippen LogP contribution in [0.2, 0.25) is 0 Å². The highest BCUT2D eigenvalue weighted by molar-refractivity contribution is 5.85. The second-order valence-corrected chi connectivity index (χ2v) is 4.24. The molecule has 84 valence electrons. The summed E-state index contributed by atoms with van der Waals surface area (Å²) in [5.74, 6) is 0. The lowest BCUT2D eigenvalue weighted by atomic mass is 10.1. The van der Waals surface area contributed by atoms with Gasteiger partial charge in [-0.2, -0.15) is 0 Å². The Hall–Kier alpha value is -1.54. The van der Waals surface area contributed by atoms with E-state index in [9.17, 15) is 5.11 Å². The molecule has 0 saturated carbocycles. The molecule has 0 aromatic heterocycles. The Bertz CT molecular complexity index is 479. The molecule has 2 aromatic carbocycles. The van der Waals surface area contributed by atoms with Gasteiger partial charge in [-0.1, -0.05) is 30.3 Å². The first-order valence-electron chi connectivity index (χ1n) is 5.60. The molecule has 0 aliphatic carbocycles. The van der Waals surface area contributed by atoms with Gasteiger partial charge in [0.2, 0.25) is 0 Å². The Morgan fingerprint density at radius 2 is 1.69 bits per heavy atom. The summed E-state index contributed by atoms with van der Waals surface area (Å²) in [7, 11) is 0. The van der Waals surface area contributed by atoms with E-state index in [4.69, 9.17) is 0 Å². The zero-order chi connectivity index (χ0) is 11.5. The Balaban J connectivity index is 2.26. The monoisotopic (exact) mass is 215 g/mol. The fraction of sp³-hybridized carbons (Fsp3) is 0.286.